The Morgan fingerprint density at radius 2 is 2.29 bits per heavy atom. The van der Waals surface area contributed by atoms with Crippen LogP contribution in [0.4, 0.5) is 8.78 Å². The topological polar surface area (TPSA) is 53.2 Å². The molecule has 1 N–H and O–H groups in total. The van der Waals surface area contributed by atoms with Gasteiger partial charge in [-0.3, -0.25) is 0 Å². The van der Waals surface area contributed by atoms with Crippen molar-refractivity contribution < 1.29 is 18.6 Å². The number of nitriles is 1. The second kappa shape index (κ2) is 3.97. The van der Waals surface area contributed by atoms with Gasteiger partial charge >= 0.3 is 0 Å². The molecule has 0 bridgehead atoms. The number of fused-ring (bicyclic) bond motifs is 1. The van der Waals surface area contributed by atoms with Crippen LogP contribution in [0.15, 0.2) is 12.1 Å². The zero-order chi connectivity index (χ0) is 12.6. The maximum atomic E-state index is 13.5. The van der Waals surface area contributed by atoms with Crippen molar-refractivity contribution >= 4 is 0 Å². The van der Waals surface area contributed by atoms with Crippen LogP contribution >= 0.6 is 0 Å². The first-order chi connectivity index (χ1) is 8.01. The van der Waals surface area contributed by atoms with Crippen LogP contribution in [0.1, 0.15) is 29.7 Å². The zero-order valence-electron chi connectivity index (χ0n) is 9.20. The summed E-state index contributed by atoms with van der Waals surface area (Å²) in [7, 11) is 0. The highest BCUT2D eigenvalue weighted by Gasteiger charge is 2.49. The molecule has 0 aliphatic heterocycles. The van der Waals surface area contributed by atoms with Crippen LogP contribution in [0.5, 0.6) is 5.75 Å². The summed E-state index contributed by atoms with van der Waals surface area (Å²) in [5.41, 5.74) is 0.319. The highest BCUT2D eigenvalue weighted by molar-refractivity contribution is 5.55. The Labute approximate surface area is 97.2 Å². The molecule has 5 heteroatoms. The smallest absolute Gasteiger partial charge is 0.281 e. The van der Waals surface area contributed by atoms with E-state index >= 15 is 0 Å². The van der Waals surface area contributed by atoms with Gasteiger partial charge < -0.3 is 9.84 Å². The van der Waals surface area contributed by atoms with Crippen LogP contribution in [0.3, 0.4) is 0 Å². The molecule has 90 valence electrons. The molecule has 0 fully saturated rings. The van der Waals surface area contributed by atoms with Crippen molar-refractivity contribution in [2.24, 2.45) is 0 Å². The van der Waals surface area contributed by atoms with E-state index in [1.54, 1.807) is 6.92 Å². The van der Waals surface area contributed by atoms with Gasteiger partial charge in [-0.25, -0.2) is 8.78 Å². The van der Waals surface area contributed by atoms with E-state index in [4.69, 9.17) is 10.00 Å². The van der Waals surface area contributed by atoms with Gasteiger partial charge in [0.05, 0.1) is 18.2 Å². The predicted octanol–water partition coefficient (Wildman–Crippen LogP) is 2.18. The largest absolute Gasteiger partial charge is 0.494 e. The number of ether oxygens (including phenoxy) is 1. The molecule has 0 radical (unpaired) electrons. The van der Waals surface area contributed by atoms with Gasteiger partial charge in [0, 0.05) is 17.5 Å². The lowest BCUT2D eigenvalue weighted by Gasteiger charge is -2.13. The number of aliphatic hydroxyl groups is 1. The number of halogens is 2. The summed E-state index contributed by atoms with van der Waals surface area (Å²) >= 11 is 0. The van der Waals surface area contributed by atoms with Crippen molar-refractivity contribution in [3.63, 3.8) is 0 Å². The molecule has 1 aliphatic carbocycles. The second-order valence-electron chi connectivity index (χ2n) is 3.89. The summed E-state index contributed by atoms with van der Waals surface area (Å²) in [4.78, 5) is 0. The summed E-state index contributed by atoms with van der Waals surface area (Å²) in [6.45, 7) is 2.09. The Morgan fingerprint density at radius 3 is 2.88 bits per heavy atom. The monoisotopic (exact) mass is 239 g/mol. The first-order valence-electron chi connectivity index (χ1n) is 5.25. The molecule has 0 heterocycles. The van der Waals surface area contributed by atoms with Crippen molar-refractivity contribution in [2.45, 2.75) is 25.4 Å². The van der Waals surface area contributed by atoms with Gasteiger partial charge in [-0.2, -0.15) is 5.26 Å². The number of nitrogens with zero attached hydrogens (tertiary/aromatic N) is 1. The quantitative estimate of drug-likeness (QED) is 0.860. The summed E-state index contributed by atoms with van der Waals surface area (Å²) in [6.07, 6.45) is -2.51. The van der Waals surface area contributed by atoms with E-state index in [9.17, 15) is 13.9 Å². The predicted molar refractivity (Wildman–Crippen MR) is 55.9 cm³/mol. The zero-order valence-corrected chi connectivity index (χ0v) is 9.20. The van der Waals surface area contributed by atoms with E-state index < -0.39 is 18.4 Å². The molecule has 1 aromatic carbocycles. The lowest BCUT2D eigenvalue weighted by Crippen LogP contribution is -2.21. The normalized spacial score (nSPS) is 20.8. The van der Waals surface area contributed by atoms with Crippen LogP contribution in [0.25, 0.3) is 0 Å². The molecule has 0 unspecified atom stereocenters. The minimum atomic E-state index is -3.23. The second-order valence-corrected chi connectivity index (χ2v) is 3.89. The van der Waals surface area contributed by atoms with Crippen LogP contribution in [0.2, 0.25) is 0 Å². The maximum absolute atomic E-state index is 13.5. The molecule has 17 heavy (non-hydrogen) atoms. The lowest BCUT2D eigenvalue weighted by molar-refractivity contribution is -0.0969. The third-order valence-electron chi connectivity index (χ3n) is 2.82. The molecule has 0 amide bonds. The minimum Gasteiger partial charge on any atom is -0.494 e. The highest BCUT2D eigenvalue weighted by atomic mass is 19.3. The standard InChI is InChI=1S/C12H11F2NO2/c1-2-17-9-4-3-7(6-15)10-8(9)5-12(13,14)11(10)16/h3-4,11,16H,2,5H2,1H3/t11-/m0/s1. The number of hydrogen-bond acceptors (Lipinski definition) is 3. The van der Waals surface area contributed by atoms with Gasteiger partial charge in [0.1, 0.15) is 11.9 Å². The van der Waals surface area contributed by atoms with Crippen LogP contribution in [-0.2, 0) is 6.42 Å². The van der Waals surface area contributed by atoms with Crippen LogP contribution < -0.4 is 4.74 Å². The number of benzene rings is 1. The van der Waals surface area contributed by atoms with Gasteiger partial charge in [0.25, 0.3) is 5.92 Å². The Hall–Kier alpha value is -1.67. The number of rotatable bonds is 2. The maximum Gasteiger partial charge on any atom is 0.281 e. The van der Waals surface area contributed by atoms with E-state index in [1.807, 2.05) is 6.07 Å². The third-order valence-corrected chi connectivity index (χ3v) is 2.82. The Balaban J connectivity index is 2.60. The summed E-state index contributed by atoms with van der Waals surface area (Å²) in [5.74, 6) is -2.92. The minimum absolute atomic E-state index is 0.00319. The fourth-order valence-corrected chi connectivity index (χ4v) is 2.07. The van der Waals surface area contributed by atoms with Gasteiger partial charge in [0.15, 0.2) is 0 Å². The van der Waals surface area contributed by atoms with Gasteiger partial charge in [-0.1, -0.05) is 0 Å². The SMILES string of the molecule is CCOc1ccc(C#N)c2c1CC(F)(F)[C@H]2O. The van der Waals surface area contributed by atoms with E-state index in [1.165, 1.54) is 12.1 Å². The van der Waals surface area contributed by atoms with Gasteiger partial charge in [0.2, 0.25) is 0 Å². The molecule has 1 aliphatic rings. The highest BCUT2D eigenvalue weighted by Crippen LogP contribution is 2.47. The Bertz CT molecular complexity index is 494. The number of alkyl halides is 2. The van der Waals surface area contributed by atoms with Crippen molar-refractivity contribution in [1.29, 1.82) is 5.26 Å². The average Bonchev–Trinajstić information content (AvgIpc) is 2.53. The summed E-state index contributed by atoms with van der Waals surface area (Å²) in [5, 5.41) is 18.4. The van der Waals surface area contributed by atoms with Gasteiger partial charge in [-0.05, 0) is 19.1 Å². The fourth-order valence-electron chi connectivity index (χ4n) is 2.07. The summed E-state index contributed by atoms with van der Waals surface area (Å²) < 4.78 is 32.1. The molecule has 0 spiro atoms. The van der Waals surface area contributed by atoms with Crippen LogP contribution in [-0.4, -0.2) is 17.6 Å². The Morgan fingerprint density at radius 1 is 1.59 bits per heavy atom. The molecule has 0 saturated carbocycles. The first kappa shape index (κ1) is 11.8. The molecule has 0 aromatic heterocycles. The lowest BCUT2D eigenvalue weighted by atomic mass is 10.0. The first-order valence-corrected chi connectivity index (χ1v) is 5.25. The van der Waals surface area contributed by atoms with E-state index in [0.717, 1.165) is 0 Å². The third kappa shape index (κ3) is 1.75. The van der Waals surface area contributed by atoms with Crippen molar-refractivity contribution in [3.05, 3.63) is 28.8 Å². The molecule has 2 rings (SSSR count). The average molecular weight is 239 g/mol. The molecule has 3 nitrogen and oxygen atoms in total. The summed E-state index contributed by atoms with van der Waals surface area (Å²) in [6, 6.07) is 4.71. The van der Waals surface area contributed by atoms with Crippen LogP contribution in [0, 0.1) is 11.3 Å². The number of hydrogen-bond donors (Lipinski definition) is 1. The van der Waals surface area contributed by atoms with Crippen molar-refractivity contribution in [2.75, 3.05) is 6.61 Å². The molecular weight excluding hydrogens is 228 g/mol. The van der Waals surface area contributed by atoms with Crippen molar-refractivity contribution in [1.82, 2.24) is 0 Å². The molecule has 1 aromatic rings. The van der Waals surface area contributed by atoms with E-state index in [-0.39, 0.29) is 16.7 Å². The molecule has 0 saturated heterocycles. The van der Waals surface area contributed by atoms with Crippen molar-refractivity contribution in [3.8, 4) is 11.8 Å². The number of aliphatic hydroxyl groups excluding tert-OH is 1. The van der Waals surface area contributed by atoms with E-state index in [0.29, 0.717) is 12.4 Å². The van der Waals surface area contributed by atoms with E-state index in [2.05, 4.69) is 0 Å². The van der Waals surface area contributed by atoms with Gasteiger partial charge in [-0.15, -0.1) is 0 Å². The molecular formula is C12H11F2NO2. The molecule has 1 atom stereocenters. The Kier molecular flexibility index (Phi) is 2.76. The fraction of sp³-hybridized carbons (Fsp3) is 0.417.